The second-order valence-corrected chi connectivity index (χ2v) is 7.71. The zero-order chi connectivity index (χ0) is 28.5. The SMILES string of the molecule is OCCOc1c(F)c(F)[c-]c(F)c1F.OCCOc1c(F)c(F)[c-]c(F)c1F.[CH-]1CCCC1.[CH-]1CCCC1.[Ti+4]. The molecule has 0 amide bonds. The first-order chi connectivity index (χ1) is 18.1. The number of hydrogen-bond acceptors (Lipinski definition) is 4. The van der Waals surface area contributed by atoms with Gasteiger partial charge in [-0.25, -0.2) is 17.6 Å². The van der Waals surface area contributed by atoms with E-state index in [1.54, 1.807) is 0 Å². The van der Waals surface area contributed by atoms with Crippen LogP contribution in [-0.2, 0) is 21.7 Å². The van der Waals surface area contributed by atoms with Crippen LogP contribution in [0.3, 0.4) is 0 Å². The van der Waals surface area contributed by atoms with Crippen molar-refractivity contribution in [1.82, 2.24) is 0 Å². The summed E-state index contributed by atoms with van der Waals surface area (Å²) >= 11 is 0. The number of aliphatic hydroxyl groups is 2. The van der Waals surface area contributed by atoms with Crippen molar-refractivity contribution < 1.29 is 76.5 Å². The summed E-state index contributed by atoms with van der Waals surface area (Å²) in [6.45, 7) is -1.98. The molecule has 0 unspecified atom stereocenters. The van der Waals surface area contributed by atoms with E-state index in [2.05, 4.69) is 22.3 Å². The van der Waals surface area contributed by atoms with Crippen molar-refractivity contribution >= 4 is 0 Å². The normalized spacial score (nSPS) is 13.6. The molecule has 4 nitrogen and oxygen atoms in total. The molecule has 2 fully saturated rings. The van der Waals surface area contributed by atoms with E-state index in [4.69, 9.17) is 10.2 Å². The van der Waals surface area contributed by atoms with Gasteiger partial charge in [-0.15, -0.1) is 12.1 Å². The Kier molecular flexibility index (Phi) is 19.9. The third-order valence-electron chi connectivity index (χ3n) is 4.82. The minimum absolute atomic E-state index is 0. The molecule has 0 aliphatic heterocycles. The molecule has 0 radical (unpaired) electrons. The first-order valence-corrected chi connectivity index (χ1v) is 11.8. The molecule has 216 valence electrons. The number of halogens is 8. The number of hydrogen-bond donors (Lipinski definition) is 2. The zero-order valence-electron chi connectivity index (χ0n) is 20.9. The van der Waals surface area contributed by atoms with E-state index < -0.39 is 84.5 Å². The van der Waals surface area contributed by atoms with Crippen LogP contribution >= 0.6 is 0 Å². The van der Waals surface area contributed by atoms with Crippen LogP contribution in [-0.4, -0.2) is 36.6 Å². The van der Waals surface area contributed by atoms with Gasteiger partial charge in [0.2, 0.25) is 0 Å². The van der Waals surface area contributed by atoms with Crippen LogP contribution in [0.15, 0.2) is 0 Å². The van der Waals surface area contributed by atoms with E-state index in [1.807, 2.05) is 0 Å². The fraction of sp³-hybridized carbons (Fsp3) is 0.462. The van der Waals surface area contributed by atoms with Crippen molar-refractivity contribution in [3.8, 4) is 11.5 Å². The average Bonchev–Trinajstić information content (AvgIpc) is 3.67. The molecule has 2 aromatic rings. The van der Waals surface area contributed by atoms with Gasteiger partial charge in [-0.05, 0) is 0 Å². The van der Waals surface area contributed by atoms with Crippen molar-refractivity contribution in [1.29, 1.82) is 0 Å². The van der Waals surface area contributed by atoms with Gasteiger partial charge < -0.3 is 32.5 Å². The van der Waals surface area contributed by atoms with Crippen LogP contribution in [0.25, 0.3) is 0 Å². The van der Waals surface area contributed by atoms with E-state index in [0.717, 1.165) is 0 Å². The van der Waals surface area contributed by atoms with Gasteiger partial charge in [0.1, 0.15) is 13.2 Å². The molecule has 13 heteroatoms. The summed E-state index contributed by atoms with van der Waals surface area (Å²) < 4.78 is 109. The van der Waals surface area contributed by atoms with Crippen LogP contribution in [0.4, 0.5) is 35.1 Å². The van der Waals surface area contributed by atoms with E-state index in [0.29, 0.717) is 0 Å². The summed E-state index contributed by atoms with van der Waals surface area (Å²) in [5.41, 5.74) is 0. The van der Waals surface area contributed by atoms with Gasteiger partial charge in [-0.1, -0.05) is 25.7 Å². The van der Waals surface area contributed by atoms with Gasteiger partial charge in [-0.2, -0.15) is 25.7 Å². The number of aliphatic hydroxyl groups excluding tert-OH is 2. The fourth-order valence-electron chi connectivity index (χ4n) is 3.00. The molecule has 2 N–H and O–H groups in total. The Bertz CT molecular complexity index is 829. The summed E-state index contributed by atoms with van der Waals surface area (Å²) in [5.74, 6) is -15.7. The Balaban J connectivity index is 0.000000537. The van der Waals surface area contributed by atoms with Gasteiger partial charge in [0.05, 0.1) is 71.3 Å². The summed E-state index contributed by atoms with van der Waals surface area (Å²) in [6.07, 6.45) is 16.0. The Hall–Kier alpha value is -1.89. The first kappa shape index (κ1) is 37.1. The number of benzene rings is 2. The topological polar surface area (TPSA) is 58.9 Å². The van der Waals surface area contributed by atoms with Gasteiger partial charge in [0, 0.05) is 0 Å². The molecule has 0 bridgehead atoms. The Morgan fingerprint density at radius 2 is 0.795 bits per heavy atom. The fourth-order valence-corrected chi connectivity index (χ4v) is 3.00. The van der Waals surface area contributed by atoms with Gasteiger partial charge in [-0.3, -0.25) is 17.6 Å². The third kappa shape index (κ3) is 13.3. The quantitative estimate of drug-likeness (QED) is 0.175. The summed E-state index contributed by atoms with van der Waals surface area (Å²) in [4.78, 5) is 0. The first-order valence-electron chi connectivity index (χ1n) is 11.8. The largest absolute Gasteiger partial charge is 4.00 e. The molecule has 0 spiro atoms. The Morgan fingerprint density at radius 1 is 0.538 bits per heavy atom. The molecule has 2 aromatic carbocycles. The van der Waals surface area contributed by atoms with Crippen molar-refractivity contribution in [3.63, 3.8) is 0 Å². The van der Waals surface area contributed by atoms with Crippen molar-refractivity contribution in [3.05, 3.63) is 71.5 Å². The maximum atomic E-state index is 12.7. The molecule has 2 aliphatic carbocycles. The smallest absolute Gasteiger partial charge is 0.511 e. The molecular formula is C26H28F8O4Ti. The number of rotatable bonds is 6. The molecular weight excluding hydrogens is 576 g/mol. The van der Waals surface area contributed by atoms with Crippen molar-refractivity contribution in [2.75, 3.05) is 26.4 Å². The summed E-state index contributed by atoms with van der Waals surface area (Å²) in [5, 5.41) is 16.6. The van der Waals surface area contributed by atoms with Gasteiger partial charge in [0.15, 0.2) is 0 Å². The maximum absolute atomic E-state index is 12.7. The molecule has 0 saturated heterocycles. The Morgan fingerprint density at radius 3 is 0.974 bits per heavy atom. The van der Waals surface area contributed by atoms with Gasteiger partial charge >= 0.3 is 21.7 Å². The van der Waals surface area contributed by atoms with Crippen LogP contribution in [0, 0.1) is 71.5 Å². The van der Waals surface area contributed by atoms with Gasteiger partial charge in [0.25, 0.3) is 0 Å². The standard InChI is InChI=1S/2C8H5F4O2.2C5H9.Ti/c2*9-4-3-5(10)7(12)8(6(4)11)14-2-1-13;2*1-2-4-5-3-1;/h2*13H,1-2H2;2*1H,2-5H2;/q4*-1;+4. The average molecular weight is 604 g/mol. The van der Waals surface area contributed by atoms with E-state index in [9.17, 15) is 35.1 Å². The second kappa shape index (κ2) is 20.9. The Labute approximate surface area is 237 Å². The summed E-state index contributed by atoms with van der Waals surface area (Å²) in [6, 6.07) is 2.40. The molecule has 0 heterocycles. The molecule has 2 saturated carbocycles. The molecule has 39 heavy (non-hydrogen) atoms. The van der Waals surface area contributed by atoms with Crippen LogP contribution in [0.5, 0.6) is 11.5 Å². The monoisotopic (exact) mass is 604 g/mol. The number of ether oxygens (including phenoxy) is 2. The maximum Gasteiger partial charge on any atom is 4.00 e. The minimum atomic E-state index is -1.67. The second-order valence-electron chi connectivity index (χ2n) is 7.71. The molecule has 0 atom stereocenters. The van der Waals surface area contributed by atoms with Crippen LogP contribution < -0.4 is 9.47 Å². The predicted molar refractivity (Wildman–Crippen MR) is 121 cm³/mol. The van der Waals surface area contributed by atoms with E-state index in [1.165, 1.54) is 63.5 Å². The molecule has 0 aromatic heterocycles. The zero-order valence-corrected chi connectivity index (χ0v) is 22.4. The predicted octanol–water partition coefficient (Wildman–Crippen LogP) is 6.36. The third-order valence-corrected chi connectivity index (χ3v) is 4.82. The van der Waals surface area contributed by atoms with Crippen molar-refractivity contribution in [2.24, 2.45) is 0 Å². The molecule has 4 rings (SSSR count). The minimum Gasteiger partial charge on any atom is -0.511 e. The van der Waals surface area contributed by atoms with Crippen molar-refractivity contribution in [2.45, 2.75) is 51.4 Å². The van der Waals surface area contributed by atoms with Crippen LogP contribution in [0.1, 0.15) is 51.4 Å². The van der Waals surface area contributed by atoms with E-state index in [-0.39, 0.29) is 21.7 Å². The van der Waals surface area contributed by atoms with Crippen LogP contribution in [0.2, 0.25) is 0 Å². The summed E-state index contributed by atoms with van der Waals surface area (Å²) in [7, 11) is 0. The molecule has 2 aliphatic rings. The van der Waals surface area contributed by atoms with E-state index >= 15 is 0 Å².